The summed E-state index contributed by atoms with van der Waals surface area (Å²) in [7, 11) is 0. The third-order valence-corrected chi connectivity index (χ3v) is 1.47. The van der Waals surface area contributed by atoms with Crippen LogP contribution in [0.1, 0.15) is 13.8 Å². The number of hydrogen-bond donors (Lipinski definition) is 0. The molecule has 0 radical (unpaired) electrons. The van der Waals surface area contributed by atoms with Crippen LogP contribution < -0.4 is 0 Å². The average Bonchev–Trinajstić information content (AvgIpc) is 2.06. The molecular formula is C7H12BrNO3. The highest BCUT2D eigenvalue weighted by atomic mass is 79.9. The van der Waals surface area contributed by atoms with Crippen LogP contribution in [-0.4, -0.2) is 30.2 Å². The van der Waals surface area contributed by atoms with Gasteiger partial charge in [-0.3, -0.25) is 0 Å². The Kier molecular flexibility index (Phi) is 6.75. The third-order valence-electron chi connectivity index (χ3n) is 0.941. The van der Waals surface area contributed by atoms with Gasteiger partial charge in [-0.2, -0.15) is 0 Å². The lowest BCUT2D eigenvalue weighted by atomic mass is 10.4. The maximum Gasteiger partial charge on any atom is 0.356 e. The largest absolute Gasteiger partial charge is 0.461 e. The Morgan fingerprint density at radius 2 is 2.08 bits per heavy atom. The van der Waals surface area contributed by atoms with E-state index in [1.54, 1.807) is 13.8 Å². The SMILES string of the molecule is CCON=C(CBr)C(=O)OCC. The van der Waals surface area contributed by atoms with Crippen molar-refractivity contribution in [1.82, 2.24) is 0 Å². The van der Waals surface area contributed by atoms with Crippen molar-refractivity contribution >= 4 is 27.6 Å². The molecule has 0 bridgehead atoms. The maximum atomic E-state index is 11.0. The Labute approximate surface area is 80.0 Å². The highest BCUT2D eigenvalue weighted by Gasteiger charge is 2.11. The summed E-state index contributed by atoms with van der Waals surface area (Å²) in [6.45, 7) is 4.32. The lowest BCUT2D eigenvalue weighted by molar-refractivity contribution is -0.135. The molecule has 0 atom stereocenters. The van der Waals surface area contributed by atoms with Crippen molar-refractivity contribution in [1.29, 1.82) is 0 Å². The molecule has 0 unspecified atom stereocenters. The van der Waals surface area contributed by atoms with E-state index in [1.165, 1.54) is 0 Å². The summed E-state index contributed by atoms with van der Waals surface area (Å²) < 4.78 is 4.71. The van der Waals surface area contributed by atoms with Crippen molar-refractivity contribution in [3.8, 4) is 0 Å². The van der Waals surface area contributed by atoms with Crippen LogP contribution in [-0.2, 0) is 14.4 Å². The summed E-state index contributed by atoms with van der Waals surface area (Å²) in [5.74, 6) is -0.442. The molecule has 0 saturated heterocycles. The molecule has 0 spiro atoms. The van der Waals surface area contributed by atoms with Crippen LogP contribution in [0.2, 0.25) is 0 Å². The highest BCUT2D eigenvalue weighted by molar-refractivity contribution is 9.09. The zero-order valence-corrected chi connectivity index (χ0v) is 8.76. The van der Waals surface area contributed by atoms with Crippen molar-refractivity contribution < 1.29 is 14.4 Å². The predicted octanol–water partition coefficient (Wildman–Crippen LogP) is 1.34. The lowest BCUT2D eigenvalue weighted by Gasteiger charge is -2.01. The highest BCUT2D eigenvalue weighted by Crippen LogP contribution is 1.92. The molecule has 0 N–H and O–H groups in total. The van der Waals surface area contributed by atoms with E-state index >= 15 is 0 Å². The third kappa shape index (κ3) is 4.33. The van der Waals surface area contributed by atoms with Gasteiger partial charge in [-0.25, -0.2) is 4.79 Å². The van der Waals surface area contributed by atoms with Crippen LogP contribution in [0.15, 0.2) is 5.16 Å². The summed E-state index contributed by atoms with van der Waals surface area (Å²) in [5.41, 5.74) is 0.249. The first-order valence-electron chi connectivity index (χ1n) is 3.68. The van der Waals surface area contributed by atoms with E-state index in [0.29, 0.717) is 18.5 Å². The van der Waals surface area contributed by atoms with Crippen molar-refractivity contribution in [2.24, 2.45) is 5.16 Å². The smallest absolute Gasteiger partial charge is 0.356 e. The first-order valence-corrected chi connectivity index (χ1v) is 4.80. The minimum Gasteiger partial charge on any atom is -0.461 e. The molecule has 0 heterocycles. The summed E-state index contributed by atoms with van der Waals surface area (Å²) >= 11 is 3.11. The molecule has 0 aromatic carbocycles. The molecule has 0 aromatic rings. The average molecular weight is 238 g/mol. The van der Waals surface area contributed by atoms with Gasteiger partial charge in [0.15, 0.2) is 5.71 Å². The van der Waals surface area contributed by atoms with Crippen LogP contribution in [0.5, 0.6) is 0 Å². The molecule has 12 heavy (non-hydrogen) atoms. The zero-order chi connectivity index (χ0) is 9.40. The number of alkyl halides is 1. The van der Waals surface area contributed by atoms with Crippen molar-refractivity contribution in [3.05, 3.63) is 0 Å². The summed E-state index contributed by atoms with van der Waals surface area (Å²) in [6.07, 6.45) is 0. The van der Waals surface area contributed by atoms with Gasteiger partial charge in [-0.1, -0.05) is 21.1 Å². The van der Waals surface area contributed by atoms with Crippen LogP contribution in [0.3, 0.4) is 0 Å². The zero-order valence-electron chi connectivity index (χ0n) is 7.17. The Morgan fingerprint density at radius 1 is 1.42 bits per heavy atom. The molecule has 0 fully saturated rings. The number of halogens is 1. The molecule has 0 aliphatic carbocycles. The minimum absolute atomic E-state index is 0.249. The number of carbonyl (C=O) groups excluding carboxylic acids is 1. The second-order valence-corrected chi connectivity index (χ2v) is 2.37. The fourth-order valence-electron chi connectivity index (χ4n) is 0.473. The number of carbonyl (C=O) groups is 1. The molecule has 4 nitrogen and oxygen atoms in total. The normalized spacial score (nSPS) is 11.1. The molecule has 70 valence electrons. The molecular weight excluding hydrogens is 226 g/mol. The van der Waals surface area contributed by atoms with E-state index in [0.717, 1.165) is 0 Å². The van der Waals surface area contributed by atoms with E-state index in [-0.39, 0.29) is 5.71 Å². The van der Waals surface area contributed by atoms with Gasteiger partial charge in [-0.15, -0.1) is 0 Å². The Hall–Kier alpha value is -0.580. The monoisotopic (exact) mass is 237 g/mol. The maximum absolute atomic E-state index is 11.0. The van der Waals surface area contributed by atoms with E-state index in [1.807, 2.05) is 0 Å². The molecule has 0 rings (SSSR count). The minimum atomic E-state index is -0.442. The number of esters is 1. The van der Waals surface area contributed by atoms with Gasteiger partial charge >= 0.3 is 5.97 Å². The van der Waals surface area contributed by atoms with Crippen molar-refractivity contribution in [2.45, 2.75) is 13.8 Å². The van der Waals surface area contributed by atoms with Gasteiger partial charge < -0.3 is 9.57 Å². The molecule has 0 amide bonds. The van der Waals surface area contributed by atoms with E-state index in [4.69, 9.17) is 9.57 Å². The quantitative estimate of drug-likeness (QED) is 0.314. The lowest BCUT2D eigenvalue weighted by Crippen LogP contribution is -2.19. The van der Waals surface area contributed by atoms with Gasteiger partial charge in [0.2, 0.25) is 0 Å². The topological polar surface area (TPSA) is 47.9 Å². The van der Waals surface area contributed by atoms with E-state index in [2.05, 4.69) is 21.1 Å². The Morgan fingerprint density at radius 3 is 2.50 bits per heavy atom. The number of rotatable bonds is 5. The first-order chi connectivity index (χ1) is 5.76. The first kappa shape index (κ1) is 11.4. The Bertz CT molecular complexity index is 170. The molecule has 0 aromatic heterocycles. The fraction of sp³-hybridized carbons (Fsp3) is 0.714. The second kappa shape index (κ2) is 7.09. The predicted molar refractivity (Wildman–Crippen MR) is 49.5 cm³/mol. The van der Waals surface area contributed by atoms with Gasteiger partial charge in [0.25, 0.3) is 0 Å². The van der Waals surface area contributed by atoms with Crippen molar-refractivity contribution in [2.75, 3.05) is 18.5 Å². The van der Waals surface area contributed by atoms with Crippen molar-refractivity contribution in [3.63, 3.8) is 0 Å². The fourth-order valence-corrected chi connectivity index (χ4v) is 0.804. The van der Waals surface area contributed by atoms with Gasteiger partial charge in [0, 0.05) is 0 Å². The number of ether oxygens (including phenoxy) is 1. The van der Waals surface area contributed by atoms with E-state index < -0.39 is 5.97 Å². The molecule has 0 aliphatic rings. The Balaban J connectivity index is 4.04. The molecule has 0 aliphatic heterocycles. The van der Waals surface area contributed by atoms with Crippen LogP contribution in [0.4, 0.5) is 0 Å². The second-order valence-electron chi connectivity index (χ2n) is 1.81. The van der Waals surface area contributed by atoms with E-state index in [9.17, 15) is 4.79 Å². The number of oxime groups is 1. The summed E-state index contributed by atoms with van der Waals surface area (Å²) in [5, 5.41) is 3.91. The van der Waals surface area contributed by atoms with Crippen LogP contribution >= 0.6 is 15.9 Å². The standard InChI is InChI=1S/C7H12BrNO3/c1-3-11-7(10)6(5-8)9-12-4-2/h3-5H2,1-2H3. The summed E-state index contributed by atoms with van der Waals surface area (Å²) in [6, 6.07) is 0. The van der Waals surface area contributed by atoms with Gasteiger partial charge in [0.05, 0.1) is 11.9 Å². The number of hydrogen-bond acceptors (Lipinski definition) is 4. The molecule has 0 saturated carbocycles. The van der Waals surface area contributed by atoms with Gasteiger partial charge in [0.1, 0.15) is 6.61 Å². The van der Waals surface area contributed by atoms with Crippen LogP contribution in [0.25, 0.3) is 0 Å². The number of nitrogens with zero attached hydrogens (tertiary/aromatic N) is 1. The summed E-state index contributed by atoms with van der Waals surface area (Å²) in [4.78, 5) is 15.7. The van der Waals surface area contributed by atoms with Gasteiger partial charge in [-0.05, 0) is 13.8 Å². The van der Waals surface area contributed by atoms with Crippen LogP contribution in [0, 0.1) is 0 Å². The molecule has 5 heteroatoms.